The van der Waals surface area contributed by atoms with E-state index in [0.29, 0.717) is 18.1 Å². The van der Waals surface area contributed by atoms with E-state index in [-0.39, 0.29) is 13.2 Å². The van der Waals surface area contributed by atoms with Crippen molar-refractivity contribution >= 4 is 46.0 Å². The summed E-state index contributed by atoms with van der Waals surface area (Å²) >= 11 is 7.83. The van der Waals surface area contributed by atoms with Crippen LogP contribution in [0.5, 0.6) is 0 Å². The molecule has 2 N–H and O–H groups in total. The van der Waals surface area contributed by atoms with Gasteiger partial charge in [-0.3, -0.25) is 0 Å². The summed E-state index contributed by atoms with van der Waals surface area (Å²) in [5.41, 5.74) is 3.26. The van der Waals surface area contributed by atoms with E-state index in [1.165, 1.54) is 0 Å². The highest BCUT2D eigenvalue weighted by Gasteiger charge is 2.24. The Bertz CT molecular complexity index is 1170. The SMILES string of the molecule is OCCN1/C(=C/C=C/C=C/c2cc[n+](CCO)c3ccccc23)Sc2ccc(Cl)cc21. The van der Waals surface area contributed by atoms with Crippen LogP contribution in [0.4, 0.5) is 5.69 Å². The molecule has 31 heavy (non-hydrogen) atoms. The summed E-state index contributed by atoms with van der Waals surface area (Å²) in [7, 11) is 0. The highest BCUT2D eigenvalue weighted by atomic mass is 35.5. The Labute approximate surface area is 191 Å². The lowest BCUT2D eigenvalue weighted by molar-refractivity contribution is -0.672. The second-order valence-electron chi connectivity index (χ2n) is 7.04. The van der Waals surface area contributed by atoms with Gasteiger partial charge in [0.2, 0.25) is 5.52 Å². The number of hydrogen-bond donors (Lipinski definition) is 2. The number of nitrogens with zero attached hydrogens (tertiary/aromatic N) is 2. The Morgan fingerprint density at radius 2 is 1.87 bits per heavy atom. The van der Waals surface area contributed by atoms with Crippen LogP contribution >= 0.6 is 23.4 Å². The first kappa shape index (κ1) is 21.7. The largest absolute Gasteiger partial charge is 0.395 e. The van der Waals surface area contributed by atoms with Gasteiger partial charge in [-0.05, 0) is 35.9 Å². The maximum absolute atomic E-state index is 9.46. The van der Waals surface area contributed by atoms with E-state index >= 15 is 0 Å². The zero-order chi connectivity index (χ0) is 21.6. The fourth-order valence-corrected chi connectivity index (χ4v) is 4.89. The number of fused-ring (bicyclic) bond motifs is 2. The van der Waals surface area contributed by atoms with Gasteiger partial charge in [0.25, 0.3) is 0 Å². The molecule has 1 aliphatic rings. The van der Waals surface area contributed by atoms with Crippen LogP contribution < -0.4 is 9.47 Å². The maximum Gasteiger partial charge on any atom is 0.213 e. The first-order valence-corrected chi connectivity index (χ1v) is 11.3. The normalized spacial score (nSPS) is 15.1. The first-order valence-electron chi connectivity index (χ1n) is 10.1. The van der Waals surface area contributed by atoms with Crippen molar-refractivity contribution in [3.63, 3.8) is 0 Å². The first-order chi connectivity index (χ1) is 15.2. The number of aliphatic hydroxyl groups is 2. The Balaban J connectivity index is 1.53. The van der Waals surface area contributed by atoms with Crippen molar-refractivity contribution in [3.8, 4) is 0 Å². The fraction of sp³-hybridized carbons (Fsp3) is 0.160. The number of aromatic nitrogens is 1. The van der Waals surface area contributed by atoms with Crippen LogP contribution in [0.15, 0.2) is 89.0 Å². The molecular formula is C25H24ClN2O2S+. The number of para-hydroxylation sites is 1. The Morgan fingerprint density at radius 1 is 1.00 bits per heavy atom. The quantitative estimate of drug-likeness (QED) is 0.400. The molecule has 4 nitrogen and oxygen atoms in total. The van der Waals surface area contributed by atoms with E-state index < -0.39 is 0 Å². The topological polar surface area (TPSA) is 47.6 Å². The lowest BCUT2D eigenvalue weighted by Crippen LogP contribution is -2.36. The minimum absolute atomic E-state index is 0.0742. The summed E-state index contributed by atoms with van der Waals surface area (Å²) in [4.78, 5) is 3.23. The van der Waals surface area contributed by atoms with Gasteiger partial charge < -0.3 is 15.1 Å². The number of rotatable bonds is 7. The molecule has 2 aromatic carbocycles. The lowest BCUT2D eigenvalue weighted by atomic mass is 10.1. The van der Waals surface area contributed by atoms with Gasteiger partial charge in [-0.25, -0.2) is 0 Å². The number of halogens is 1. The second kappa shape index (κ2) is 10.2. The molecule has 0 radical (unpaired) electrons. The van der Waals surface area contributed by atoms with Crippen molar-refractivity contribution in [3.05, 3.63) is 94.6 Å². The molecule has 0 saturated carbocycles. The molecule has 0 spiro atoms. The van der Waals surface area contributed by atoms with Crippen LogP contribution in [0.25, 0.3) is 17.0 Å². The van der Waals surface area contributed by atoms with Crippen molar-refractivity contribution in [2.75, 3.05) is 24.7 Å². The number of allylic oxidation sites excluding steroid dienone is 4. The fourth-order valence-electron chi connectivity index (χ4n) is 3.65. The van der Waals surface area contributed by atoms with Crippen molar-refractivity contribution in [1.82, 2.24) is 0 Å². The van der Waals surface area contributed by atoms with E-state index in [2.05, 4.69) is 39.8 Å². The van der Waals surface area contributed by atoms with E-state index in [1.54, 1.807) is 11.8 Å². The number of pyridine rings is 1. The Kier molecular flexibility index (Phi) is 7.10. The molecule has 4 rings (SSSR count). The summed E-state index contributed by atoms with van der Waals surface area (Å²) in [5, 5.41) is 21.6. The third kappa shape index (κ3) is 4.86. The van der Waals surface area contributed by atoms with Gasteiger partial charge in [-0.1, -0.05) is 59.8 Å². The summed E-state index contributed by atoms with van der Waals surface area (Å²) in [6, 6.07) is 16.1. The molecular weight excluding hydrogens is 428 g/mol. The highest BCUT2D eigenvalue weighted by molar-refractivity contribution is 8.03. The predicted octanol–water partition coefficient (Wildman–Crippen LogP) is 4.79. The van der Waals surface area contributed by atoms with Crippen LogP contribution in [0.1, 0.15) is 5.56 Å². The number of hydrogen-bond acceptors (Lipinski definition) is 4. The third-order valence-corrected chi connectivity index (χ3v) is 6.42. The average Bonchev–Trinajstić information content (AvgIpc) is 3.12. The maximum atomic E-state index is 9.46. The summed E-state index contributed by atoms with van der Waals surface area (Å²) < 4.78 is 2.06. The molecule has 2 heterocycles. The zero-order valence-electron chi connectivity index (χ0n) is 17.0. The third-order valence-electron chi connectivity index (χ3n) is 5.05. The van der Waals surface area contributed by atoms with Crippen LogP contribution in [-0.4, -0.2) is 30.0 Å². The smallest absolute Gasteiger partial charge is 0.213 e. The van der Waals surface area contributed by atoms with Crippen LogP contribution in [-0.2, 0) is 6.54 Å². The molecule has 0 amide bonds. The Hall–Kier alpha value is -2.57. The molecule has 0 atom stereocenters. The monoisotopic (exact) mass is 451 g/mol. The van der Waals surface area contributed by atoms with Gasteiger partial charge in [-0.2, -0.15) is 4.57 Å². The van der Waals surface area contributed by atoms with Crippen molar-refractivity contribution < 1.29 is 14.8 Å². The molecule has 1 aliphatic heterocycles. The second-order valence-corrected chi connectivity index (χ2v) is 8.54. The van der Waals surface area contributed by atoms with Gasteiger partial charge in [0.15, 0.2) is 12.7 Å². The summed E-state index contributed by atoms with van der Waals surface area (Å²) in [6.07, 6.45) is 12.2. The molecule has 1 aromatic heterocycles. The zero-order valence-corrected chi connectivity index (χ0v) is 18.6. The van der Waals surface area contributed by atoms with Gasteiger partial charge in [0.1, 0.15) is 6.61 Å². The number of thioether (sulfide) groups is 1. The molecule has 0 saturated heterocycles. The lowest BCUT2D eigenvalue weighted by Gasteiger charge is -2.18. The summed E-state index contributed by atoms with van der Waals surface area (Å²) in [5.74, 6) is 0. The summed E-state index contributed by atoms with van der Waals surface area (Å²) in [6.45, 7) is 1.29. The van der Waals surface area contributed by atoms with Gasteiger partial charge >= 0.3 is 0 Å². The minimum Gasteiger partial charge on any atom is -0.395 e. The highest BCUT2D eigenvalue weighted by Crippen LogP contribution is 2.46. The van der Waals surface area contributed by atoms with Gasteiger partial charge in [0.05, 0.1) is 22.7 Å². The molecule has 0 aliphatic carbocycles. The molecule has 0 fully saturated rings. The average molecular weight is 452 g/mol. The molecule has 3 aromatic rings. The molecule has 6 heteroatoms. The van der Waals surface area contributed by atoms with Crippen molar-refractivity contribution in [1.29, 1.82) is 0 Å². The van der Waals surface area contributed by atoms with Gasteiger partial charge in [-0.15, -0.1) is 0 Å². The standard InChI is InChI=1S/C25H24ClN2O2S/c26-20-10-11-24-23(18-20)28(15-17-30)25(31-24)9-3-1-2-6-19-12-13-27(14-16-29)22-8-5-4-7-21(19)22/h1-13,18,29-30H,14-17H2/q+1. The van der Waals surface area contributed by atoms with Crippen molar-refractivity contribution in [2.45, 2.75) is 11.4 Å². The number of anilines is 1. The molecule has 158 valence electrons. The van der Waals surface area contributed by atoms with Gasteiger partial charge in [0, 0.05) is 28.6 Å². The number of β-amino-alcohol motifs (C(OH)–C–C–N with tert-alkyl or cyclic N) is 1. The molecule has 0 unspecified atom stereocenters. The number of aliphatic hydroxyl groups excluding tert-OH is 2. The van der Waals surface area contributed by atoms with Crippen LogP contribution in [0.3, 0.4) is 0 Å². The predicted molar refractivity (Wildman–Crippen MR) is 129 cm³/mol. The minimum atomic E-state index is 0.0742. The Morgan fingerprint density at radius 3 is 2.71 bits per heavy atom. The number of benzene rings is 2. The van der Waals surface area contributed by atoms with Crippen LogP contribution in [0, 0.1) is 0 Å². The van der Waals surface area contributed by atoms with E-state index in [1.807, 2.05) is 54.8 Å². The van der Waals surface area contributed by atoms with E-state index in [4.69, 9.17) is 11.6 Å². The van der Waals surface area contributed by atoms with E-state index in [9.17, 15) is 10.2 Å². The van der Waals surface area contributed by atoms with Crippen molar-refractivity contribution in [2.24, 2.45) is 0 Å². The van der Waals surface area contributed by atoms with E-state index in [0.717, 1.165) is 32.1 Å². The molecule has 0 bridgehead atoms. The van der Waals surface area contributed by atoms with Crippen LogP contribution in [0.2, 0.25) is 5.02 Å².